The standard InChI is InChI=1S/C14H16ClNO4/c1-3-16-10-7-9(15)5-6-11(10)20-12(14(16)18)8-13(17)19-4-2/h5-7,12H,3-4,8H2,1-2H3. The van der Waals surface area contributed by atoms with Crippen LogP contribution in [0.3, 0.4) is 0 Å². The second-order valence-electron chi connectivity index (χ2n) is 4.31. The Morgan fingerprint density at radius 2 is 2.20 bits per heavy atom. The number of carbonyl (C=O) groups is 2. The number of anilines is 1. The number of benzene rings is 1. The van der Waals surface area contributed by atoms with Crippen LogP contribution in [-0.4, -0.2) is 31.1 Å². The smallest absolute Gasteiger partial charge is 0.310 e. The Hall–Kier alpha value is -1.75. The normalized spacial score (nSPS) is 17.4. The molecule has 0 bridgehead atoms. The Morgan fingerprint density at radius 1 is 1.45 bits per heavy atom. The van der Waals surface area contributed by atoms with Gasteiger partial charge in [-0.05, 0) is 32.0 Å². The van der Waals surface area contributed by atoms with Crippen LogP contribution in [-0.2, 0) is 14.3 Å². The van der Waals surface area contributed by atoms with Crippen LogP contribution in [0.5, 0.6) is 5.75 Å². The summed E-state index contributed by atoms with van der Waals surface area (Å²) in [5.74, 6) is -0.153. The molecule has 1 unspecified atom stereocenters. The molecule has 2 rings (SSSR count). The van der Waals surface area contributed by atoms with Crippen molar-refractivity contribution in [2.75, 3.05) is 18.1 Å². The SMILES string of the molecule is CCOC(=O)CC1Oc2ccc(Cl)cc2N(CC)C1=O. The number of rotatable bonds is 4. The fourth-order valence-corrected chi connectivity index (χ4v) is 2.29. The number of esters is 1. The first-order valence-corrected chi connectivity index (χ1v) is 6.87. The van der Waals surface area contributed by atoms with E-state index in [0.29, 0.717) is 23.0 Å². The number of carbonyl (C=O) groups excluding carboxylic acids is 2. The molecule has 1 heterocycles. The Balaban J connectivity index is 2.25. The lowest BCUT2D eigenvalue weighted by Gasteiger charge is -2.33. The van der Waals surface area contributed by atoms with Gasteiger partial charge < -0.3 is 14.4 Å². The summed E-state index contributed by atoms with van der Waals surface area (Å²) in [4.78, 5) is 25.4. The summed E-state index contributed by atoms with van der Waals surface area (Å²) < 4.78 is 10.5. The van der Waals surface area contributed by atoms with Crippen molar-refractivity contribution in [3.05, 3.63) is 23.2 Å². The van der Waals surface area contributed by atoms with Crippen LogP contribution in [0.25, 0.3) is 0 Å². The summed E-state index contributed by atoms with van der Waals surface area (Å²) in [6.45, 7) is 4.34. The fourth-order valence-electron chi connectivity index (χ4n) is 2.12. The van der Waals surface area contributed by atoms with E-state index in [1.165, 1.54) is 0 Å². The molecule has 5 nitrogen and oxygen atoms in total. The summed E-state index contributed by atoms with van der Waals surface area (Å²) in [7, 11) is 0. The van der Waals surface area contributed by atoms with Gasteiger partial charge >= 0.3 is 5.97 Å². The molecular formula is C14H16ClNO4. The van der Waals surface area contributed by atoms with Crippen molar-refractivity contribution in [2.24, 2.45) is 0 Å². The van der Waals surface area contributed by atoms with Gasteiger partial charge in [0.2, 0.25) is 0 Å². The molecule has 0 saturated heterocycles. The zero-order valence-corrected chi connectivity index (χ0v) is 12.1. The summed E-state index contributed by atoms with van der Waals surface area (Å²) >= 11 is 5.94. The number of hydrogen-bond donors (Lipinski definition) is 0. The third kappa shape index (κ3) is 2.88. The zero-order chi connectivity index (χ0) is 14.7. The molecule has 0 saturated carbocycles. The number of hydrogen-bond acceptors (Lipinski definition) is 4. The van der Waals surface area contributed by atoms with E-state index >= 15 is 0 Å². The Bertz CT molecular complexity index is 532. The average Bonchev–Trinajstić information content (AvgIpc) is 2.40. The van der Waals surface area contributed by atoms with E-state index in [9.17, 15) is 9.59 Å². The fraction of sp³-hybridized carbons (Fsp3) is 0.429. The molecule has 1 amide bonds. The molecule has 0 aliphatic carbocycles. The molecule has 108 valence electrons. The van der Waals surface area contributed by atoms with Crippen molar-refractivity contribution in [1.29, 1.82) is 0 Å². The third-order valence-electron chi connectivity index (χ3n) is 3.00. The first kappa shape index (κ1) is 14.7. The molecule has 1 aliphatic rings. The summed E-state index contributed by atoms with van der Waals surface area (Å²) in [6.07, 6.45) is -0.937. The predicted molar refractivity (Wildman–Crippen MR) is 75.1 cm³/mol. The average molecular weight is 298 g/mol. The molecule has 6 heteroatoms. The maximum Gasteiger partial charge on any atom is 0.310 e. The summed E-state index contributed by atoms with van der Waals surface area (Å²) in [5.41, 5.74) is 0.630. The molecule has 0 radical (unpaired) electrons. The van der Waals surface area contributed by atoms with Crippen LogP contribution in [0.2, 0.25) is 5.02 Å². The molecule has 0 aromatic heterocycles. The predicted octanol–water partition coefficient (Wildman–Crippen LogP) is 2.41. The van der Waals surface area contributed by atoms with E-state index < -0.39 is 12.1 Å². The first-order valence-electron chi connectivity index (χ1n) is 6.50. The highest BCUT2D eigenvalue weighted by Crippen LogP contribution is 2.36. The van der Waals surface area contributed by atoms with Gasteiger partial charge in [-0.2, -0.15) is 0 Å². The van der Waals surface area contributed by atoms with E-state index in [1.807, 2.05) is 6.92 Å². The first-order chi connectivity index (χ1) is 9.56. The second kappa shape index (κ2) is 6.13. The maximum absolute atomic E-state index is 12.3. The minimum absolute atomic E-state index is 0.0920. The zero-order valence-electron chi connectivity index (χ0n) is 11.4. The largest absolute Gasteiger partial charge is 0.478 e. The van der Waals surface area contributed by atoms with Gasteiger partial charge in [0.15, 0.2) is 6.10 Å². The number of ether oxygens (including phenoxy) is 2. The molecule has 1 aliphatic heterocycles. The van der Waals surface area contributed by atoms with Crippen LogP contribution in [0, 0.1) is 0 Å². The van der Waals surface area contributed by atoms with Crippen LogP contribution < -0.4 is 9.64 Å². The van der Waals surface area contributed by atoms with E-state index in [2.05, 4.69) is 0 Å². The van der Waals surface area contributed by atoms with Crippen molar-refractivity contribution in [3.8, 4) is 5.75 Å². The molecular weight excluding hydrogens is 282 g/mol. The number of likely N-dealkylation sites (N-methyl/N-ethyl adjacent to an activating group) is 1. The lowest BCUT2D eigenvalue weighted by atomic mass is 10.1. The lowest BCUT2D eigenvalue weighted by molar-refractivity contribution is -0.147. The maximum atomic E-state index is 12.3. The van der Waals surface area contributed by atoms with Gasteiger partial charge in [-0.3, -0.25) is 9.59 Å². The van der Waals surface area contributed by atoms with Gasteiger partial charge in [0.25, 0.3) is 5.91 Å². The van der Waals surface area contributed by atoms with Crippen LogP contribution in [0.1, 0.15) is 20.3 Å². The van der Waals surface area contributed by atoms with E-state index in [4.69, 9.17) is 21.1 Å². The lowest BCUT2D eigenvalue weighted by Crippen LogP contribution is -2.46. The minimum atomic E-state index is -0.845. The third-order valence-corrected chi connectivity index (χ3v) is 3.23. The van der Waals surface area contributed by atoms with Gasteiger partial charge in [0, 0.05) is 11.6 Å². The highest BCUT2D eigenvalue weighted by molar-refractivity contribution is 6.31. The van der Waals surface area contributed by atoms with E-state index in [1.54, 1.807) is 30.0 Å². The molecule has 1 atom stereocenters. The van der Waals surface area contributed by atoms with Crippen molar-refractivity contribution >= 4 is 29.2 Å². The van der Waals surface area contributed by atoms with Crippen molar-refractivity contribution in [3.63, 3.8) is 0 Å². The van der Waals surface area contributed by atoms with Crippen LogP contribution >= 0.6 is 11.6 Å². The monoisotopic (exact) mass is 297 g/mol. The molecule has 0 fully saturated rings. The molecule has 1 aromatic carbocycles. The molecule has 20 heavy (non-hydrogen) atoms. The summed E-state index contributed by atoms with van der Waals surface area (Å²) in [5, 5.41) is 0.530. The molecule has 1 aromatic rings. The van der Waals surface area contributed by atoms with Gasteiger partial charge in [-0.1, -0.05) is 11.6 Å². The van der Waals surface area contributed by atoms with E-state index in [0.717, 1.165) is 0 Å². The number of amides is 1. The Labute approximate surface area is 122 Å². The minimum Gasteiger partial charge on any atom is -0.478 e. The Morgan fingerprint density at radius 3 is 2.85 bits per heavy atom. The van der Waals surface area contributed by atoms with Gasteiger partial charge in [-0.15, -0.1) is 0 Å². The van der Waals surface area contributed by atoms with E-state index in [-0.39, 0.29) is 18.9 Å². The van der Waals surface area contributed by atoms with Crippen molar-refractivity contribution in [2.45, 2.75) is 26.4 Å². The van der Waals surface area contributed by atoms with Gasteiger partial charge in [-0.25, -0.2) is 0 Å². The Kier molecular flexibility index (Phi) is 4.49. The quantitative estimate of drug-likeness (QED) is 0.801. The van der Waals surface area contributed by atoms with Crippen LogP contribution in [0.15, 0.2) is 18.2 Å². The van der Waals surface area contributed by atoms with Gasteiger partial charge in [0.05, 0.1) is 18.7 Å². The topological polar surface area (TPSA) is 55.8 Å². The van der Waals surface area contributed by atoms with Gasteiger partial charge in [0.1, 0.15) is 5.75 Å². The highest BCUT2D eigenvalue weighted by Gasteiger charge is 2.35. The van der Waals surface area contributed by atoms with Crippen molar-refractivity contribution < 1.29 is 19.1 Å². The molecule has 0 N–H and O–H groups in total. The molecule has 0 spiro atoms. The number of halogens is 1. The summed E-state index contributed by atoms with van der Waals surface area (Å²) in [6, 6.07) is 5.06. The number of fused-ring (bicyclic) bond motifs is 1. The highest BCUT2D eigenvalue weighted by atomic mass is 35.5. The van der Waals surface area contributed by atoms with Crippen LogP contribution in [0.4, 0.5) is 5.69 Å². The van der Waals surface area contributed by atoms with Crippen molar-refractivity contribution in [1.82, 2.24) is 0 Å². The number of nitrogens with zero attached hydrogens (tertiary/aromatic N) is 1. The second-order valence-corrected chi connectivity index (χ2v) is 4.75.